The first kappa shape index (κ1) is 9.21. The molecule has 1 unspecified atom stereocenters. The van der Waals surface area contributed by atoms with Gasteiger partial charge in [0.15, 0.2) is 0 Å². The van der Waals surface area contributed by atoms with Crippen molar-refractivity contribution in [1.82, 2.24) is 4.98 Å². The third-order valence-corrected chi connectivity index (χ3v) is 2.14. The van der Waals surface area contributed by atoms with Gasteiger partial charge in [-0.1, -0.05) is 6.92 Å². The summed E-state index contributed by atoms with van der Waals surface area (Å²) in [5, 5.41) is 8.75. The van der Waals surface area contributed by atoms with Crippen LogP contribution in [0, 0.1) is 11.3 Å². The summed E-state index contributed by atoms with van der Waals surface area (Å²) in [6.07, 6.45) is 2.53. The highest BCUT2D eigenvalue weighted by atomic mass is 79.9. The molecule has 0 spiro atoms. The van der Waals surface area contributed by atoms with Gasteiger partial charge in [0.25, 0.3) is 0 Å². The average Bonchev–Trinajstić information content (AvgIpc) is 2.10. The van der Waals surface area contributed by atoms with Crippen LogP contribution in [-0.2, 0) is 0 Å². The fourth-order valence-corrected chi connectivity index (χ4v) is 1.19. The third-order valence-electron chi connectivity index (χ3n) is 1.67. The van der Waals surface area contributed by atoms with Crippen molar-refractivity contribution in [3.05, 3.63) is 28.5 Å². The lowest BCUT2D eigenvalue weighted by Gasteiger charge is -2.03. The summed E-state index contributed by atoms with van der Waals surface area (Å²) in [6, 6.07) is 5.99. The van der Waals surface area contributed by atoms with E-state index in [0.29, 0.717) is 0 Å². The summed E-state index contributed by atoms with van der Waals surface area (Å²) in [7, 11) is 0. The van der Waals surface area contributed by atoms with Gasteiger partial charge in [-0.3, -0.25) is 4.98 Å². The Hall–Kier alpha value is -0.880. The zero-order chi connectivity index (χ0) is 8.97. The van der Waals surface area contributed by atoms with Crippen LogP contribution >= 0.6 is 15.9 Å². The summed E-state index contributed by atoms with van der Waals surface area (Å²) >= 11 is 3.29. The van der Waals surface area contributed by atoms with E-state index in [4.69, 9.17) is 5.26 Å². The maximum absolute atomic E-state index is 8.75. The maximum Gasteiger partial charge on any atom is 0.0882 e. The first-order valence-corrected chi connectivity index (χ1v) is 4.58. The molecule has 12 heavy (non-hydrogen) atoms. The van der Waals surface area contributed by atoms with E-state index >= 15 is 0 Å². The van der Waals surface area contributed by atoms with Gasteiger partial charge in [0, 0.05) is 10.7 Å². The molecular formula is C9H9BrN2. The Morgan fingerprint density at radius 3 is 2.83 bits per heavy atom. The molecule has 1 atom stereocenters. The van der Waals surface area contributed by atoms with Crippen molar-refractivity contribution in [2.75, 3.05) is 0 Å². The monoisotopic (exact) mass is 224 g/mol. The maximum atomic E-state index is 8.75. The Bertz CT molecular complexity index is 286. The minimum absolute atomic E-state index is 0.0712. The normalized spacial score (nSPS) is 12.1. The Labute approximate surface area is 80.4 Å². The van der Waals surface area contributed by atoms with Gasteiger partial charge in [-0.2, -0.15) is 5.26 Å². The summed E-state index contributed by atoms with van der Waals surface area (Å²) in [4.78, 5) is 4.15. The van der Waals surface area contributed by atoms with E-state index in [0.717, 1.165) is 16.6 Å². The Balaban J connectivity index is 2.89. The second kappa shape index (κ2) is 4.22. The molecule has 1 aromatic rings. The number of nitriles is 1. The van der Waals surface area contributed by atoms with E-state index in [9.17, 15) is 0 Å². The SMILES string of the molecule is CCC(C#N)c1ccc(Br)cn1. The number of halogens is 1. The lowest BCUT2D eigenvalue weighted by atomic mass is 10.0. The smallest absolute Gasteiger partial charge is 0.0882 e. The molecule has 0 radical (unpaired) electrons. The number of aromatic nitrogens is 1. The van der Waals surface area contributed by atoms with Crippen molar-refractivity contribution < 1.29 is 0 Å². The molecule has 1 heterocycles. The number of pyridine rings is 1. The van der Waals surface area contributed by atoms with Gasteiger partial charge in [0.2, 0.25) is 0 Å². The van der Waals surface area contributed by atoms with Crippen molar-refractivity contribution in [2.24, 2.45) is 0 Å². The lowest BCUT2D eigenvalue weighted by Crippen LogP contribution is -1.96. The van der Waals surface area contributed by atoms with Crippen molar-refractivity contribution in [3.8, 4) is 6.07 Å². The van der Waals surface area contributed by atoms with Crippen molar-refractivity contribution in [3.63, 3.8) is 0 Å². The fraction of sp³-hybridized carbons (Fsp3) is 0.333. The topological polar surface area (TPSA) is 36.7 Å². The van der Waals surface area contributed by atoms with E-state index in [1.165, 1.54) is 0 Å². The zero-order valence-electron chi connectivity index (χ0n) is 6.79. The first-order chi connectivity index (χ1) is 5.77. The van der Waals surface area contributed by atoms with E-state index in [1.807, 2.05) is 19.1 Å². The standard InChI is InChI=1S/C9H9BrN2/c1-2-7(5-11)9-4-3-8(10)6-12-9/h3-4,6-7H,2H2,1H3. The average molecular weight is 225 g/mol. The van der Waals surface area contributed by atoms with E-state index in [-0.39, 0.29) is 5.92 Å². The number of nitrogens with zero attached hydrogens (tertiary/aromatic N) is 2. The van der Waals surface area contributed by atoms with Gasteiger partial charge in [-0.05, 0) is 34.5 Å². The summed E-state index contributed by atoms with van der Waals surface area (Å²) in [6.45, 7) is 1.98. The van der Waals surface area contributed by atoms with Crippen LogP contribution in [0.5, 0.6) is 0 Å². The molecule has 0 aliphatic heterocycles. The van der Waals surface area contributed by atoms with Gasteiger partial charge in [-0.15, -0.1) is 0 Å². The summed E-state index contributed by atoms with van der Waals surface area (Å²) in [5.74, 6) is -0.0712. The molecule has 3 heteroatoms. The van der Waals surface area contributed by atoms with E-state index in [2.05, 4.69) is 27.0 Å². The van der Waals surface area contributed by atoms with Crippen LogP contribution in [0.25, 0.3) is 0 Å². The number of hydrogen-bond donors (Lipinski definition) is 0. The number of hydrogen-bond acceptors (Lipinski definition) is 2. The van der Waals surface area contributed by atoms with Crippen LogP contribution in [-0.4, -0.2) is 4.98 Å². The highest BCUT2D eigenvalue weighted by Gasteiger charge is 2.07. The Morgan fingerprint density at radius 2 is 2.42 bits per heavy atom. The van der Waals surface area contributed by atoms with Crippen LogP contribution < -0.4 is 0 Å². The highest BCUT2D eigenvalue weighted by Crippen LogP contribution is 2.17. The molecule has 62 valence electrons. The van der Waals surface area contributed by atoms with Crippen LogP contribution in [0.1, 0.15) is 25.0 Å². The molecule has 0 saturated heterocycles. The first-order valence-electron chi connectivity index (χ1n) is 3.79. The summed E-state index contributed by atoms with van der Waals surface area (Å²) < 4.78 is 0.944. The van der Waals surface area contributed by atoms with Gasteiger partial charge in [0.05, 0.1) is 17.7 Å². The van der Waals surface area contributed by atoms with E-state index < -0.39 is 0 Å². The van der Waals surface area contributed by atoms with Crippen molar-refractivity contribution >= 4 is 15.9 Å². The van der Waals surface area contributed by atoms with Gasteiger partial charge in [0.1, 0.15) is 0 Å². The minimum atomic E-state index is -0.0712. The van der Waals surface area contributed by atoms with Gasteiger partial charge < -0.3 is 0 Å². The van der Waals surface area contributed by atoms with Crippen molar-refractivity contribution in [1.29, 1.82) is 5.26 Å². The van der Waals surface area contributed by atoms with E-state index in [1.54, 1.807) is 6.20 Å². The lowest BCUT2D eigenvalue weighted by molar-refractivity contribution is 0.787. The Kier molecular flexibility index (Phi) is 3.24. The second-order valence-corrected chi connectivity index (χ2v) is 3.41. The molecule has 0 aliphatic carbocycles. The quantitative estimate of drug-likeness (QED) is 0.775. The fourth-order valence-electron chi connectivity index (χ4n) is 0.960. The van der Waals surface area contributed by atoms with Crippen LogP contribution in [0.4, 0.5) is 0 Å². The third kappa shape index (κ3) is 2.05. The summed E-state index contributed by atoms with van der Waals surface area (Å²) in [5.41, 5.74) is 0.850. The molecule has 1 aromatic heterocycles. The predicted octanol–water partition coefficient (Wildman–Crippen LogP) is 2.86. The predicted molar refractivity (Wildman–Crippen MR) is 50.6 cm³/mol. The molecule has 0 aromatic carbocycles. The minimum Gasteiger partial charge on any atom is -0.259 e. The number of rotatable bonds is 2. The van der Waals surface area contributed by atoms with Gasteiger partial charge in [-0.25, -0.2) is 0 Å². The zero-order valence-corrected chi connectivity index (χ0v) is 8.37. The van der Waals surface area contributed by atoms with Crippen molar-refractivity contribution in [2.45, 2.75) is 19.3 Å². The molecule has 0 bridgehead atoms. The van der Waals surface area contributed by atoms with Crippen LogP contribution in [0.3, 0.4) is 0 Å². The van der Waals surface area contributed by atoms with Crippen LogP contribution in [0.15, 0.2) is 22.8 Å². The largest absolute Gasteiger partial charge is 0.259 e. The second-order valence-electron chi connectivity index (χ2n) is 2.49. The molecule has 2 nitrogen and oxygen atoms in total. The van der Waals surface area contributed by atoms with Crippen LogP contribution in [0.2, 0.25) is 0 Å². The Morgan fingerprint density at radius 1 is 1.67 bits per heavy atom. The molecule has 0 saturated carbocycles. The molecule has 0 aliphatic rings. The molecular weight excluding hydrogens is 216 g/mol. The van der Waals surface area contributed by atoms with Gasteiger partial charge >= 0.3 is 0 Å². The molecule has 1 rings (SSSR count). The molecule has 0 N–H and O–H groups in total. The molecule has 0 amide bonds. The highest BCUT2D eigenvalue weighted by molar-refractivity contribution is 9.10. The molecule has 0 fully saturated rings.